The molecule has 2 aromatic carbocycles. The SMILES string of the molecule is O=C(N[C@@H]1CCCc2ccccc21)C1CCN(c2cccc3c2C(=O)N(Cc2ccncc2)C3=O)CC1. The number of nitrogens with zero attached hydrogens (tertiary/aromatic N) is 3. The summed E-state index contributed by atoms with van der Waals surface area (Å²) in [6.07, 6.45) is 7.88. The third-order valence-electron chi connectivity index (χ3n) is 7.96. The highest BCUT2D eigenvalue weighted by Gasteiger charge is 2.39. The van der Waals surface area contributed by atoms with Gasteiger partial charge in [-0.2, -0.15) is 0 Å². The van der Waals surface area contributed by atoms with Gasteiger partial charge in [0, 0.05) is 31.4 Å². The van der Waals surface area contributed by atoms with Crippen LogP contribution in [0.2, 0.25) is 0 Å². The average molecular weight is 495 g/mol. The Balaban J connectivity index is 1.13. The lowest BCUT2D eigenvalue weighted by atomic mass is 9.87. The van der Waals surface area contributed by atoms with Gasteiger partial charge >= 0.3 is 0 Å². The summed E-state index contributed by atoms with van der Waals surface area (Å²) in [6.45, 7) is 1.56. The standard InChI is InChI=1S/C30H30N4O3/c35-28(32-25-9-3-6-21-5-1-2-7-23(21)25)22-13-17-33(18-14-22)26-10-4-8-24-27(26)30(37)34(29(24)36)19-20-11-15-31-16-12-20/h1-2,4-5,7-8,10-12,15-16,22,25H,3,6,9,13-14,17-19H2,(H,32,35)/t25-/m1/s1. The number of aryl methyl sites for hydroxylation is 1. The van der Waals surface area contributed by atoms with Crippen LogP contribution < -0.4 is 10.2 Å². The van der Waals surface area contributed by atoms with Crippen molar-refractivity contribution in [2.24, 2.45) is 5.92 Å². The quantitative estimate of drug-likeness (QED) is 0.535. The van der Waals surface area contributed by atoms with Crippen molar-refractivity contribution in [3.8, 4) is 0 Å². The maximum Gasteiger partial charge on any atom is 0.263 e. The molecule has 1 aliphatic carbocycles. The van der Waals surface area contributed by atoms with Crippen molar-refractivity contribution in [3.05, 3.63) is 94.8 Å². The molecule has 0 radical (unpaired) electrons. The molecule has 6 rings (SSSR count). The minimum absolute atomic E-state index is 0.0531. The Kier molecular flexibility index (Phi) is 6.20. The molecule has 1 aromatic heterocycles. The molecule has 0 spiro atoms. The van der Waals surface area contributed by atoms with Crippen LogP contribution in [0.25, 0.3) is 0 Å². The zero-order valence-corrected chi connectivity index (χ0v) is 20.7. The molecule has 188 valence electrons. The zero-order chi connectivity index (χ0) is 25.4. The molecule has 3 amide bonds. The van der Waals surface area contributed by atoms with E-state index in [9.17, 15) is 14.4 Å². The normalized spacial score (nSPS) is 19.5. The van der Waals surface area contributed by atoms with Crippen molar-refractivity contribution in [1.82, 2.24) is 15.2 Å². The van der Waals surface area contributed by atoms with E-state index in [1.807, 2.05) is 30.3 Å². The fourth-order valence-electron chi connectivity index (χ4n) is 5.97. The summed E-state index contributed by atoms with van der Waals surface area (Å²) < 4.78 is 0. The third-order valence-corrected chi connectivity index (χ3v) is 7.96. The Labute approximate surface area is 216 Å². The number of aromatic nitrogens is 1. The van der Waals surface area contributed by atoms with Gasteiger partial charge in [0.1, 0.15) is 0 Å². The van der Waals surface area contributed by atoms with E-state index in [-0.39, 0.29) is 36.2 Å². The van der Waals surface area contributed by atoms with E-state index in [2.05, 4.69) is 33.4 Å². The molecule has 1 N–H and O–H groups in total. The number of hydrogen-bond donors (Lipinski definition) is 1. The Hall–Kier alpha value is -4.00. The number of carbonyl (C=O) groups excluding carboxylic acids is 3. The van der Waals surface area contributed by atoms with Crippen molar-refractivity contribution in [3.63, 3.8) is 0 Å². The predicted molar refractivity (Wildman–Crippen MR) is 140 cm³/mol. The number of amides is 3. The predicted octanol–water partition coefficient (Wildman–Crippen LogP) is 4.29. The second-order valence-corrected chi connectivity index (χ2v) is 10.2. The fraction of sp³-hybridized carbons (Fsp3) is 0.333. The molecule has 0 unspecified atom stereocenters. The van der Waals surface area contributed by atoms with Gasteiger partial charge in [0.05, 0.1) is 29.4 Å². The van der Waals surface area contributed by atoms with Gasteiger partial charge in [-0.15, -0.1) is 0 Å². The van der Waals surface area contributed by atoms with Gasteiger partial charge in [-0.25, -0.2) is 0 Å². The van der Waals surface area contributed by atoms with Crippen LogP contribution in [-0.4, -0.2) is 40.7 Å². The topological polar surface area (TPSA) is 82.6 Å². The van der Waals surface area contributed by atoms with Gasteiger partial charge in [0.25, 0.3) is 11.8 Å². The molecule has 37 heavy (non-hydrogen) atoms. The number of piperidine rings is 1. The first-order valence-corrected chi connectivity index (χ1v) is 13.1. The fourth-order valence-corrected chi connectivity index (χ4v) is 5.97. The van der Waals surface area contributed by atoms with Gasteiger partial charge in [0.15, 0.2) is 0 Å². The van der Waals surface area contributed by atoms with Crippen molar-refractivity contribution in [2.75, 3.05) is 18.0 Å². The number of anilines is 1. The van der Waals surface area contributed by atoms with Crippen LogP contribution in [0.3, 0.4) is 0 Å². The first-order chi connectivity index (χ1) is 18.1. The third kappa shape index (κ3) is 4.39. The Morgan fingerprint density at radius 1 is 0.919 bits per heavy atom. The first-order valence-electron chi connectivity index (χ1n) is 13.1. The summed E-state index contributed by atoms with van der Waals surface area (Å²) in [4.78, 5) is 47.1. The number of nitrogens with one attached hydrogen (secondary N) is 1. The van der Waals surface area contributed by atoms with Crippen LogP contribution in [-0.2, 0) is 17.8 Å². The second kappa shape index (κ2) is 9.81. The molecule has 7 nitrogen and oxygen atoms in total. The van der Waals surface area contributed by atoms with Crippen LogP contribution in [0.1, 0.15) is 69.1 Å². The van der Waals surface area contributed by atoms with E-state index in [1.165, 1.54) is 16.0 Å². The highest BCUT2D eigenvalue weighted by molar-refractivity contribution is 6.23. The summed E-state index contributed by atoms with van der Waals surface area (Å²) in [5.41, 5.74) is 5.16. The number of fused-ring (bicyclic) bond motifs is 2. The number of pyridine rings is 1. The Morgan fingerprint density at radius 3 is 2.51 bits per heavy atom. The number of benzene rings is 2. The molecule has 1 atom stereocenters. The van der Waals surface area contributed by atoms with Crippen LogP contribution in [0.15, 0.2) is 67.0 Å². The minimum atomic E-state index is -0.263. The molecule has 1 saturated heterocycles. The average Bonchev–Trinajstić information content (AvgIpc) is 3.19. The second-order valence-electron chi connectivity index (χ2n) is 10.2. The van der Waals surface area contributed by atoms with Gasteiger partial charge in [-0.05, 0) is 73.1 Å². The molecule has 0 bridgehead atoms. The van der Waals surface area contributed by atoms with Gasteiger partial charge in [-0.1, -0.05) is 30.3 Å². The van der Waals surface area contributed by atoms with Gasteiger partial charge < -0.3 is 10.2 Å². The lowest BCUT2D eigenvalue weighted by molar-refractivity contribution is -0.126. The lowest BCUT2D eigenvalue weighted by Gasteiger charge is -2.35. The van der Waals surface area contributed by atoms with Crippen LogP contribution >= 0.6 is 0 Å². The zero-order valence-electron chi connectivity index (χ0n) is 20.7. The monoisotopic (exact) mass is 494 g/mol. The van der Waals surface area contributed by atoms with Crippen molar-refractivity contribution >= 4 is 23.4 Å². The van der Waals surface area contributed by atoms with Crippen LogP contribution in [0.4, 0.5) is 5.69 Å². The van der Waals surface area contributed by atoms with Crippen molar-refractivity contribution in [1.29, 1.82) is 0 Å². The molecular formula is C30H30N4O3. The van der Waals surface area contributed by atoms with Crippen molar-refractivity contribution in [2.45, 2.75) is 44.7 Å². The number of carbonyl (C=O) groups is 3. The van der Waals surface area contributed by atoms with E-state index in [0.29, 0.717) is 37.1 Å². The molecule has 0 saturated carbocycles. The lowest BCUT2D eigenvalue weighted by Crippen LogP contribution is -2.42. The van der Waals surface area contributed by atoms with E-state index in [1.54, 1.807) is 18.5 Å². The summed E-state index contributed by atoms with van der Waals surface area (Å²) in [6, 6.07) is 17.6. The molecule has 3 aliphatic rings. The first kappa shape index (κ1) is 23.4. The highest BCUT2D eigenvalue weighted by atomic mass is 16.2. The van der Waals surface area contributed by atoms with E-state index >= 15 is 0 Å². The van der Waals surface area contributed by atoms with E-state index < -0.39 is 0 Å². The minimum Gasteiger partial charge on any atom is -0.371 e. The number of imide groups is 1. The Bertz CT molecular complexity index is 1350. The summed E-state index contributed by atoms with van der Waals surface area (Å²) in [5, 5.41) is 3.32. The molecule has 3 aromatic rings. The van der Waals surface area contributed by atoms with Crippen molar-refractivity contribution < 1.29 is 14.4 Å². The van der Waals surface area contributed by atoms with Gasteiger partial charge in [0.2, 0.25) is 5.91 Å². The highest BCUT2D eigenvalue weighted by Crippen LogP contribution is 2.35. The largest absolute Gasteiger partial charge is 0.371 e. The van der Waals surface area contributed by atoms with Crippen LogP contribution in [0.5, 0.6) is 0 Å². The molecular weight excluding hydrogens is 464 g/mol. The Morgan fingerprint density at radius 2 is 1.70 bits per heavy atom. The molecule has 7 heteroatoms. The molecule has 1 fully saturated rings. The smallest absolute Gasteiger partial charge is 0.263 e. The van der Waals surface area contributed by atoms with E-state index in [4.69, 9.17) is 0 Å². The van der Waals surface area contributed by atoms with Gasteiger partial charge in [-0.3, -0.25) is 24.3 Å². The van der Waals surface area contributed by atoms with Crippen LogP contribution in [0, 0.1) is 5.92 Å². The number of rotatable bonds is 5. The summed E-state index contributed by atoms with van der Waals surface area (Å²) in [5.74, 6) is -0.457. The maximum atomic E-state index is 13.4. The molecule has 3 heterocycles. The van der Waals surface area contributed by atoms with E-state index in [0.717, 1.165) is 30.5 Å². The maximum absolute atomic E-state index is 13.4. The number of hydrogen-bond acceptors (Lipinski definition) is 5. The summed E-state index contributed by atoms with van der Waals surface area (Å²) in [7, 11) is 0. The summed E-state index contributed by atoms with van der Waals surface area (Å²) >= 11 is 0. The molecule has 2 aliphatic heterocycles.